The Morgan fingerprint density at radius 3 is 2.50 bits per heavy atom. The molecule has 1 aliphatic heterocycles. The van der Waals surface area contributed by atoms with Crippen molar-refractivity contribution >= 4 is 17.6 Å². The van der Waals surface area contributed by atoms with Crippen molar-refractivity contribution in [3.05, 3.63) is 35.9 Å². The zero-order chi connectivity index (χ0) is 16.3. The van der Waals surface area contributed by atoms with Crippen LogP contribution in [0.15, 0.2) is 35.4 Å². The zero-order valence-corrected chi connectivity index (χ0v) is 13.4. The molecule has 0 spiro atoms. The quantitative estimate of drug-likeness (QED) is 0.871. The first kappa shape index (κ1) is 16.2. The highest BCUT2D eigenvalue weighted by atomic mass is 16.6. The Balaban J connectivity index is 2.15. The molecule has 2 rings (SSSR count). The summed E-state index contributed by atoms with van der Waals surface area (Å²) in [5, 5.41) is 3.91. The summed E-state index contributed by atoms with van der Waals surface area (Å²) in [7, 11) is 0. The van der Waals surface area contributed by atoms with E-state index in [4.69, 9.17) is 4.74 Å². The summed E-state index contributed by atoms with van der Waals surface area (Å²) < 4.78 is 5.36. The summed E-state index contributed by atoms with van der Waals surface area (Å²) in [4.78, 5) is 24.3. The fourth-order valence-corrected chi connectivity index (χ4v) is 2.42. The van der Waals surface area contributed by atoms with Crippen LogP contribution >= 0.6 is 0 Å². The molecule has 22 heavy (non-hydrogen) atoms. The van der Waals surface area contributed by atoms with Gasteiger partial charge in [0.2, 0.25) is 5.91 Å². The Morgan fingerprint density at radius 2 is 1.91 bits per heavy atom. The topological polar surface area (TPSA) is 67.8 Å². The number of ether oxygens (including phenoxy) is 1. The standard InChI is InChI=1S/C17H22N2O3/c1-11-13(10-12-8-6-5-7-9-12)15(20)19-18-14(11)16(21)22-17(2,3)4/h5-9,11,13H,10H2,1-4H3,(H,19,20)/t11-,13+/m0/s1. The highest BCUT2D eigenvalue weighted by Crippen LogP contribution is 2.24. The van der Waals surface area contributed by atoms with Crippen LogP contribution in [0.25, 0.3) is 0 Å². The van der Waals surface area contributed by atoms with E-state index in [0.29, 0.717) is 6.42 Å². The Kier molecular flexibility index (Phi) is 4.64. The predicted octanol–water partition coefficient (Wildman–Crippen LogP) is 2.31. The van der Waals surface area contributed by atoms with Crippen molar-refractivity contribution in [3.8, 4) is 0 Å². The molecule has 1 aromatic rings. The summed E-state index contributed by atoms with van der Waals surface area (Å²) in [5.74, 6) is -1.26. The predicted molar refractivity (Wildman–Crippen MR) is 84.2 cm³/mol. The van der Waals surface area contributed by atoms with Crippen molar-refractivity contribution < 1.29 is 14.3 Å². The number of nitrogens with zero attached hydrogens (tertiary/aromatic N) is 1. The largest absolute Gasteiger partial charge is 0.455 e. The van der Waals surface area contributed by atoms with Gasteiger partial charge in [-0.1, -0.05) is 37.3 Å². The SMILES string of the molecule is C[C@@H]1C(C(=O)OC(C)(C)C)=NNC(=O)[C@@H]1Cc1ccccc1. The van der Waals surface area contributed by atoms with E-state index in [1.165, 1.54) is 0 Å². The maximum absolute atomic E-state index is 12.2. The van der Waals surface area contributed by atoms with Gasteiger partial charge in [0, 0.05) is 5.92 Å². The van der Waals surface area contributed by atoms with E-state index in [1.807, 2.05) is 37.3 Å². The first-order chi connectivity index (χ1) is 10.3. The highest BCUT2D eigenvalue weighted by Gasteiger charge is 2.37. The molecule has 0 unspecified atom stereocenters. The van der Waals surface area contributed by atoms with E-state index in [9.17, 15) is 9.59 Å². The van der Waals surface area contributed by atoms with Crippen molar-refractivity contribution in [3.63, 3.8) is 0 Å². The molecule has 2 atom stereocenters. The molecule has 0 saturated heterocycles. The minimum atomic E-state index is -0.588. The van der Waals surface area contributed by atoms with Crippen molar-refractivity contribution in [1.82, 2.24) is 5.43 Å². The molecule has 1 aromatic carbocycles. The molecule has 0 saturated carbocycles. The Hall–Kier alpha value is -2.17. The highest BCUT2D eigenvalue weighted by molar-refractivity contribution is 6.38. The first-order valence-electron chi connectivity index (χ1n) is 7.42. The van der Waals surface area contributed by atoms with Crippen molar-refractivity contribution in [2.75, 3.05) is 0 Å². The van der Waals surface area contributed by atoms with Gasteiger partial charge >= 0.3 is 5.97 Å². The average Bonchev–Trinajstić information content (AvgIpc) is 2.42. The number of benzene rings is 1. The lowest BCUT2D eigenvalue weighted by atomic mass is 9.83. The van der Waals surface area contributed by atoms with Gasteiger partial charge in [0.25, 0.3) is 0 Å². The van der Waals surface area contributed by atoms with Crippen LogP contribution < -0.4 is 5.43 Å². The van der Waals surface area contributed by atoms with Crippen LogP contribution in [0.2, 0.25) is 0 Å². The minimum Gasteiger partial charge on any atom is -0.455 e. The number of amides is 1. The van der Waals surface area contributed by atoms with E-state index < -0.39 is 11.6 Å². The molecule has 0 bridgehead atoms. The maximum atomic E-state index is 12.2. The normalized spacial score (nSPS) is 21.8. The van der Waals surface area contributed by atoms with Crippen LogP contribution in [0, 0.1) is 11.8 Å². The summed E-state index contributed by atoms with van der Waals surface area (Å²) in [6.45, 7) is 7.26. The van der Waals surface area contributed by atoms with Crippen LogP contribution in [0.4, 0.5) is 0 Å². The number of esters is 1. The Bertz CT molecular complexity index is 588. The molecule has 5 heteroatoms. The summed E-state index contributed by atoms with van der Waals surface area (Å²) in [5.41, 5.74) is 3.19. The monoisotopic (exact) mass is 302 g/mol. The molecule has 1 N–H and O–H groups in total. The minimum absolute atomic E-state index is 0.163. The second kappa shape index (κ2) is 6.30. The number of hydrogen-bond acceptors (Lipinski definition) is 4. The summed E-state index contributed by atoms with van der Waals surface area (Å²) in [6, 6.07) is 9.74. The lowest BCUT2D eigenvalue weighted by Crippen LogP contribution is -2.46. The molecule has 0 aromatic heterocycles. The molecule has 5 nitrogen and oxygen atoms in total. The smallest absolute Gasteiger partial charge is 0.355 e. The van der Waals surface area contributed by atoms with Crippen molar-refractivity contribution in [2.24, 2.45) is 16.9 Å². The third-order valence-electron chi connectivity index (χ3n) is 3.56. The second-order valence-electron chi connectivity index (χ2n) is 6.56. The molecule has 0 radical (unpaired) electrons. The molecule has 1 heterocycles. The van der Waals surface area contributed by atoms with E-state index in [2.05, 4.69) is 10.5 Å². The molecule has 1 aliphatic rings. The maximum Gasteiger partial charge on any atom is 0.355 e. The molecular formula is C17H22N2O3. The van der Waals surface area contributed by atoms with Crippen LogP contribution in [-0.4, -0.2) is 23.2 Å². The van der Waals surface area contributed by atoms with Gasteiger partial charge in [-0.2, -0.15) is 5.10 Å². The molecule has 118 valence electrons. The van der Waals surface area contributed by atoms with Gasteiger partial charge in [0.05, 0.1) is 5.92 Å². The fourth-order valence-electron chi connectivity index (χ4n) is 2.42. The van der Waals surface area contributed by atoms with Crippen LogP contribution in [0.3, 0.4) is 0 Å². The van der Waals surface area contributed by atoms with Crippen molar-refractivity contribution in [2.45, 2.75) is 39.7 Å². The van der Waals surface area contributed by atoms with Crippen LogP contribution in [-0.2, 0) is 20.7 Å². The van der Waals surface area contributed by atoms with Gasteiger partial charge in [-0.05, 0) is 32.8 Å². The van der Waals surface area contributed by atoms with Gasteiger partial charge < -0.3 is 4.74 Å². The number of carbonyl (C=O) groups excluding carboxylic acids is 2. The second-order valence-corrected chi connectivity index (χ2v) is 6.56. The van der Waals surface area contributed by atoms with E-state index >= 15 is 0 Å². The van der Waals surface area contributed by atoms with Gasteiger partial charge in [-0.15, -0.1) is 0 Å². The lowest BCUT2D eigenvalue weighted by Gasteiger charge is -2.29. The zero-order valence-electron chi connectivity index (χ0n) is 13.4. The third kappa shape index (κ3) is 3.93. The van der Waals surface area contributed by atoms with Crippen molar-refractivity contribution in [1.29, 1.82) is 0 Å². The number of rotatable bonds is 3. The van der Waals surface area contributed by atoms with Gasteiger partial charge in [-0.3, -0.25) is 4.79 Å². The Morgan fingerprint density at radius 1 is 1.27 bits per heavy atom. The average molecular weight is 302 g/mol. The van der Waals surface area contributed by atoms with E-state index in [0.717, 1.165) is 5.56 Å². The fraction of sp³-hybridized carbons (Fsp3) is 0.471. The number of carbonyl (C=O) groups is 2. The molecule has 0 aliphatic carbocycles. The van der Waals surface area contributed by atoms with Gasteiger partial charge in [0.15, 0.2) is 0 Å². The third-order valence-corrected chi connectivity index (χ3v) is 3.56. The molecule has 0 fully saturated rings. The first-order valence-corrected chi connectivity index (χ1v) is 7.42. The van der Waals surface area contributed by atoms with Crippen LogP contribution in [0.1, 0.15) is 33.3 Å². The number of hydrogen-bond donors (Lipinski definition) is 1. The summed E-state index contributed by atoms with van der Waals surface area (Å²) >= 11 is 0. The number of hydrazone groups is 1. The van der Waals surface area contributed by atoms with Gasteiger partial charge in [-0.25, -0.2) is 10.2 Å². The van der Waals surface area contributed by atoms with E-state index in [1.54, 1.807) is 20.8 Å². The molecular weight excluding hydrogens is 280 g/mol. The molecule has 1 amide bonds. The van der Waals surface area contributed by atoms with Crippen LogP contribution in [0.5, 0.6) is 0 Å². The lowest BCUT2D eigenvalue weighted by molar-refractivity contribution is -0.146. The van der Waals surface area contributed by atoms with E-state index in [-0.39, 0.29) is 23.5 Å². The Labute approximate surface area is 130 Å². The summed E-state index contributed by atoms with van der Waals surface area (Å²) in [6.07, 6.45) is 0.565. The number of nitrogens with one attached hydrogen (secondary N) is 1. The van der Waals surface area contributed by atoms with Gasteiger partial charge in [0.1, 0.15) is 11.3 Å².